The van der Waals surface area contributed by atoms with Gasteiger partial charge in [-0.15, -0.1) is 0 Å². The summed E-state index contributed by atoms with van der Waals surface area (Å²) in [4.78, 5) is 0. The van der Waals surface area contributed by atoms with Crippen molar-refractivity contribution in [2.75, 3.05) is 13.2 Å². The van der Waals surface area contributed by atoms with Crippen LogP contribution in [0.2, 0.25) is 0 Å². The highest BCUT2D eigenvalue weighted by molar-refractivity contribution is 4.89. The van der Waals surface area contributed by atoms with Crippen molar-refractivity contribution >= 4 is 0 Å². The third kappa shape index (κ3) is 2.87. The summed E-state index contributed by atoms with van der Waals surface area (Å²) in [7, 11) is 0. The van der Waals surface area contributed by atoms with Crippen LogP contribution in [0.3, 0.4) is 0 Å². The first-order chi connectivity index (χ1) is 7.11. The minimum atomic E-state index is -1.33. The minimum absolute atomic E-state index is 0.360. The third-order valence-electron chi connectivity index (χ3n) is 2.36. The second-order valence-electron chi connectivity index (χ2n) is 3.56. The first-order valence-corrected chi connectivity index (χ1v) is 5.04. The van der Waals surface area contributed by atoms with Crippen LogP contribution >= 0.6 is 0 Å². The summed E-state index contributed by atoms with van der Waals surface area (Å²) in [5.74, 6) is 0. The third-order valence-corrected chi connectivity index (χ3v) is 2.36. The van der Waals surface area contributed by atoms with E-state index in [1.54, 1.807) is 0 Å². The van der Waals surface area contributed by atoms with Gasteiger partial charge < -0.3 is 29.9 Å². The molecule has 1 rings (SSSR count). The van der Waals surface area contributed by atoms with E-state index in [4.69, 9.17) is 14.6 Å². The van der Waals surface area contributed by atoms with Crippen molar-refractivity contribution in [1.82, 2.24) is 0 Å². The zero-order valence-electron chi connectivity index (χ0n) is 8.61. The molecule has 1 aliphatic rings. The lowest BCUT2D eigenvalue weighted by atomic mass is 9.99. The van der Waals surface area contributed by atoms with Gasteiger partial charge in [0.05, 0.1) is 6.61 Å². The molecule has 1 heterocycles. The van der Waals surface area contributed by atoms with Crippen LogP contribution in [0.15, 0.2) is 0 Å². The minimum Gasteiger partial charge on any atom is -0.394 e. The van der Waals surface area contributed by atoms with E-state index in [9.17, 15) is 15.3 Å². The molecule has 6 nitrogen and oxygen atoms in total. The molecule has 0 spiro atoms. The molecular weight excluding hydrogens is 204 g/mol. The van der Waals surface area contributed by atoms with Gasteiger partial charge in [0.2, 0.25) is 0 Å². The highest BCUT2D eigenvalue weighted by Crippen LogP contribution is 2.22. The second-order valence-corrected chi connectivity index (χ2v) is 3.56. The second kappa shape index (κ2) is 5.74. The van der Waals surface area contributed by atoms with Crippen LogP contribution in [-0.2, 0) is 9.47 Å². The zero-order valence-corrected chi connectivity index (χ0v) is 8.61. The molecule has 0 radical (unpaired) electrons. The van der Waals surface area contributed by atoms with Gasteiger partial charge in [-0.05, 0) is 6.42 Å². The summed E-state index contributed by atoms with van der Waals surface area (Å²) >= 11 is 0. The fourth-order valence-corrected chi connectivity index (χ4v) is 1.51. The maximum absolute atomic E-state index is 9.61. The Morgan fingerprint density at radius 1 is 1.20 bits per heavy atom. The van der Waals surface area contributed by atoms with Crippen LogP contribution in [0.5, 0.6) is 0 Å². The molecule has 1 fully saturated rings. The quantitative estimate of drug-likeness (QED) is 0.448. The Morgan fingerprint density at radius 3 is 2.40 bits per heavy atom. The smallest absolute Gasteiger partial charge is 0.184 e. The van der Waals surface area contributed by atoms with E-state index >= 15 is 0 Å². The lowest BCUT2D eigenvalue weighted by molar-refractivity contribution is -0.296. The number of aliphatic hydroxyl groups excluding tert-OH is 4. The molecule has 1 saturated heterocycles. The van der Waals surface area contributed by atoms with Crippen molar-refractivity contribution in [3.8, 4) is 0 Å². The molecule has 0 saturated carbocycles. The lowest BCUT2D eigenvalue weighted by Gasteiger charge is -2.39. The van der Waals surface area contributed by atoms with Gasteiger partial charge in [-0.3, -0.25) is 0 Å². The van der Waals surface area contributed by atoms with Gasteiger partial charge in [0.1, 0.15) is 24.4 Å². The van der Waals surface area contributed by atoms with Gasteiger partial charge in [0.25, 0.3) is 0 Å². The highest BCUT2D eigenvalue weighted by atomic mass is 16.7. The number of hydrogen-bond donors (Lipinski definition) is 4. The molecule has 0 aromatic rings. The van der Waals surface area contributed by atoms with E-state index in [0.29, 0.717) is 6.61 Å². The molecule has 4 N–H and O–H groups in total. The van der Waals surface area contributed by atoms with E-state index in [1.807, 2.05) is 6.92 Å². The lowest BCUT2D eigenvalue weighted by Crippen LogP contribution is -2.59. The Bertz CT molecular complexity index is 187. The normalized spacial score (nSPS) is 41.8. The van der Waals surface area contributed by atoms with Crippen LogP contribution < -0.4 is 0 Å². The molecule has 6 heteroatoms. The topological polar surface area (TPSA) is 99.4 Å². The SMILES string of the molecule is CCCO[C@H]1C(O)O[C@H](CO)[C@@H](O)[C@@H]1O. The Hall–Kier alpha value is -0.240. The van der Waals surface area contributed by atoms with Gasteiger partial charge in [-0.1, -0.05) is 6.92 Å². The predicted octanol–water partition coefficient (Wildman–Crippen LogP) is -1.79. The average Bonchev–Trinajstić information content (AvgIpc) is 2.23. The van der Waals surface area contributed by atoms with Crippen LogP contribution in [0.25, 0.3) is 0 Å². The van der Waals surface area contributed by atoms with Gasteiger partial charge >= 0.3 is 0 Å². The van der Waals surface area contributed by atoms with Crippen LogP contribution in [0, 0.1) is 0 Å². The molecule has 1 unspecified atom stereocenters. The standard InChI is InChI=1S/C9H18O6/c1-2-3-14-8-7(12)6(11)5(4-10)15-9(8)13/h5-13H,2-4H2,1H3/t5-,6-,7+,8-,9?/m1/s1. The monoisotopic (exact) mass is 222 g/mol. The van der Waals surface area contributed by atoms with Crippen molar-refractivity contribution in [2.24, 2.45) is 0 Å². The maximum Gasteiger partial charge on any atom is 0.184 e. The Labute approximate surface area is 88.1 Å². The van der Waals surface area contributed by atoms with Gasteiger partial charge in [-0.2, -0.15) is 0 Å². The molecule has 15 heavy (non-hydrogen) atoms. The maximum atomic E-state index is 9.61. The van der Waals surface area contributed by atoms with E-state index in [0.717, 1.165) is 6.42 Å². The summed E-state index contributed by atoms with van der Waals surface area (Å²) in [6.07, 6.45) is -5.04. The first kappa shape index (κ1) is 12.8. The van der Waals surface area contributed by atoms with Gasteiger partial charge in [0, 0.05) is 6.61 Å². The number of aliphatic hydroxyl groups is 4. The van der Waals surface area contributed by atoms with Crippen molar-refractivity contribution in [2.45, 2.75) is 44.1 Å². The van der Waals surface area contributed by atoms with E-state index in [-0.39, 0.29) is 0 Å². The van der Waals surface area contributed by atoms with Crippen molar-refractivity contribution in [3.05, 3.63) is 0 Å². The van der Waals surface area contributed by atoms with Crippen LogP contribution in [0.4, 0.5) is 0 Å². The molecule has 0 aromatic heterocycles. The van der Waals surface area contributed by atoms with E-state index < -0.39 is 37.3 Å². The van der Waals surface area contributed by atoms with Crippen molar-refractivity contribution < 1.29 is 29.9 Å². The molecular formula is C9H18O6. The van der Waals surface area contributed by atoms with Crippen molar-refractivity contribution in [3.63, 3.8) is 0 Å². The average molecular weight is 222 g/mol. The molecule has 0 aliphatic carbocycles. The molecule has 1 aliphatic heterocycles. The fourth-order valence-electron chi connectivity index (χ4n) is 1.51. The molecule has 0 amide bonds. The van der Waals surface area contributed by atoms with Crippen LogP contribution in [-0.4, -0.2) is 64.3 Å². The summed E-state index contributed by atoms with van der Waals surface area (Å²) < 4.78 is 10.1. The zero-order chi connectivity index (χ0) is 11.4. The summed E-state index contributed by atoms with van der Waals surface area (Å²) in [5.41, 5.74) is 0. The number of hydrogen-bond acceptors (Lipinski definition) is 6. The number of ether oxygens (including phenoxy) is 2. The molecule has 0 aromatic carbocycles. The van der Waals surface area contributed by atoms with Crippen molar-refractivity contribution in [1.29, 1.82) is 0 Å². The van der Waals surface area contributed by atoms with E-state index in [2.05, 4.69) is 0 Å². The Kier molecular flexibility index (Phi) is 4.91. The van der Waals surface area contributed by atoms with E-state index in [1.165, 1.54) is 0 Å². The molecule has 5 atom stereocenters. The first-order valence-electron chi connectivity index (χ1n) is 5.04. The molecule has 0 bridgehead atoms. The summed E-state index contributed by atoms with van der Waals surface area (Å²) in [6.45, 7) is 1.78. The Balaban J connectivity index is 2.58. The summed E-state index contributed by atoms with van der Waals surface area (Å²) in [5, 5.41) is 37.4. The summed E-state index contributed by atoms with van der Waals surface area (Å²) in [6, 6.07) is 0. The predicted molar refractivity (Wildman–Crippen MR) is 50.0 cm³/mol. The number of rotatable bonds is 4. The molecule has 90 valence electrons. The highest BCUT2D eigenvalue weighted by Gasteiger charge is 2.44. The van der Waals surface area contributed by atoms with Gasteiger partial charge in [-0.25, -0.2) is 0 Å². The van der Waals surface area contributed by atoms with Gasteiger partial charge in [0.15, 0.2) is 6.29 Å². The van der Waals surface area contributed by atoms with Crippen LogP contribution in [0.1, 0.15) is 13.3 Å². The fraction of sp³-hybridized carbons (Fsp3) is 1.00. The Morgan fingerprint density at radius 2 is 1.87 bits per heavy atom. The largest absolute Gasteiger partial charge is 0.394 e.